The molecule has 0 saturated carbocycles. The van der Waals surface area contributed by atoms with E-state index in [2.05, 4.69) is 52.7 Å². The number of aryl methyl sites for hydroxylation is 2. The van der Waals surface area contributed by atoms with Crippen molar-refractivity contribution in [2.24, 2.45) is 5.73 Å². The Morgan fingerprint density at radius 2 is 1.64 bits per heavy atom. The molecule has 1 aliphatic heterocycles. The van der Waals surface area contributed by atoms with E-state index < -0.39 is 0 Å². The van der Waals surface area contributed by atoms with Crippen LogP contribution in [-0.2, 0) is 25.9 Å². The van der Waals surface area contributed by atoms with Crippen LogP contribution in [0.4, 0.5) is 5.69 Å². The van der Waals surface area contributed by atoms with Gasteiger partial charge in [0.15, 0.2) is 0 Å². The van der Waals surface area contributed by atoms with Crippen LogP contribution >= 0.6 is 0 Å². The van der Waals surface area contributed by atoms with Gasteiger partial charge in [-0.2, -0.15) is 0 Å². The molecule has 0 amide bonds. The molecule has 0 atom stereocenters. The van der Waals surface area contributed by atoms with Crippen LogP contribution in [-0.4, -0.2) is 19.1 Å². The molecule has 1 saturated heterocycles. The molecule has 25 heavy (non-hydrogen) atoms. The van der Waals surface area contributed by atoms with E-state index in [1.807, 2.05) is 0 Å². The van der Waals surface area contributed by atoms with E-state index in [9.17, 15) is 0 Å². The van der Waals surface area contributed by atoms with Crippen molar-refractivity contribution in [1.29, 1.82) is 0 Å². The van der Waals surface area contributed by atoms with Gasteiger partial charge in [0.05, 0.1) is 0 Å². The first-order chi connectivity index (χ1) is 12.3. The largest absolute Gasteiger partial charge is 0.371 e. The van der Waals surface area contributed by atoms with Gasteiger partial charge in [0.2, 0.25) is 0 Å². The van der Waals surface area contributed by atoms with E-state index in [1.165, 1.54) is 48.9 Å². The van der Waals surface area contributed by atoms with Crippen LogP contribution < -0.4 is 16.0 Å². The van der Waals surface area contributed by atoms with E-state index in [4.69, 9.17) is 5.73 Å². The van der Waals surface area contributed by atoms with Gasteiger partial charge in [-0.25, -0.2) is 0 Å². The molecule has 4 rings (SSSR count). The third-order valence-corrected chi connectivity index (χ3v) is 5.80. The van der Waals surface area contributed by atoms with Crippen LogP contribution in [0.3, 0.4) is 0 Å². The quantitative estimate of drug-likeness (QED) is 0.880. The van der Waals surface area contributed by atoms with Crippen molar-refractivity contribution in [1.82, 2.24) is 5.32 Å². The van der Waals surface area contributed by atoms with Crippen molar-refractivity contribution in [2.45, 2.75) is 51.2 Å². The zero-order chi connectivity index (χ0) is 17.1. The monoisotopic (exact) mass is 335 g/mol. The zero-order valence-corrected chi connectivity index (χ0v) is 15.0. The molecule has 2 aliphatic rings. The third kappa shape index (κ3) is 3.88. The summed E-state index contributed by atoms with van der Waals surface area (Å²) < 4.78 is 0. The second kappa shape index (κ2) is 7.59. The number of rotatable bonds is 5. The van der Waals surface area contributed by atoms with E-state index in [0.717, 1.165) is 19.6 Å². The maximum absolute atomic E-state index is 5.66. The second-order valence-electron chi connectivity index (χ2n) is 7.47. The highest BCUT2D eigenvalue weighted by Crippen LogP contribution is 2.28. The second-order valence-corrected chi connectivity index (χ2v) is 7.47. The first kappa shape index (κ1) is 16.6. The standard InChI is InChI=1S/C22H29N3/c23-15-17-4-6-18(7-5-17)16-24-21-10-12-25(13-11-21)22-9-8-19-2-1-3-20(19)14-22/h4-9,14,21,24H,1-3,10-13,15-16,23H2. The van der Waals surface area contributed by atoms with Crippen molar-refractivity contribution in [3.63, 3.8) is 0 Å². The molecule has 132 valence electrons. The number of anilines is 1. The van der Waals surface area contributed by atoms with E-state index in [-0.39, 0.29) is 0 Å². The summed E-state index contributed by atoms with van der Waals surface area (Å²) in [5.74, 6) is 0. The fourth-order valence-electron chi connectivity index (χ4n) is 4.15. The third-order valence-electron chi connectivity index (χ3n) is 5.80. The molecule has 1 heterocycles. The highest BCUT2D eigenvalue weighted by Gasteiger charge is 2.20. The Morgan fingerprint density at radius 3 is 2.40 bits per heavy atom. The Kier molecular flexibility index (Phi) is 5.04. The van der Waals surface area contributed by atoms with E-state index in [1.54, 1.807) is 11.1 Å². The highest BCUT2D eigenvalue weighted by atomic mass is 15.1. The number of nitrogens with two attached hydrogens (primary N) is 1. The lowest BCUT2D eigenvalue weighted by molar-refractivity contribution is 0.414. The molecule has 2 aromatic rings. The van der Waals surface area contributed by atoms with Crippen molar-refractivity contribution in [3.8, 4) is 0 Å². The predicted octanol–water partition coefficient (Wildman–Crippen LogP) is 3.39. The number of hydrogen-bond donors (Lipinski definition) is 2. The summed E-state index contributed by atoms with van der Waals surface area (Å²) in [6.07, 6.45) is 6.31. The van der Waals surface area contributed by atoms with Crippen LogP contribution in [0.25, 0.3) is 0 Å². The summed E-state index contributed by atoms with van der Waals surface area (Å²) >= 11 is 0. The Balaban J connectivity index is 1.28. The maximum atomic E-state index is 5.66. The molecule has 1 aliphatic carbocycles. The molecular weight excluding hydrogens is 306 g/mol. The fraction of sp³-hybridized carbons (Fsp3) is 0.455. The van der Waals surface area contributed by atoms with Crippen LogP contribution in [0.5, 0.6) is 0 Å². The van der Waals surface area contributed by atoms with Crippen LogP contribution in [0.15, 0.2) is 42.5 Å². The molecule has 3 nitrogen and oxygen atoms in total. The minimum atomic E-state index is 0.620. The molecule has 3 heteroatoms. The topological polar surface area (TPSA) is 41.3 Å². The first-order valence-electron chi connectivity index (χ1n) is 9.70. The normalized spacial score (nSPS) is 17.7. The Labute approximate surface area is 151 Å². The van der Waals surface area contributed by atoms with Gasteiger partial charge in [-0.3, -0.25) is 0 Å². The van der Waals surface area contributed by atoms with Crippen molar-refractivity contribution in [3.05, 3.63) is 64.7 Å². The average Bonchev–Trinajstić information content (AvgIpc) is 3.15. The van der Waals surface area contributed by atoms with Crippen LogP contribution in [0, 0.1) is 0 Å². The smallest absolute Gasteiger partial charge is 0.0369 e. The van der Waals surface area contributed by atoms with Gasteiger partial charge in [0.1, 0.15) is 0 Å². The lowest BCUT2D eigenvalue weighted by atomic mass is 10.0. The summed E-state index contributed by atoms with van der Waals surface area (Å²) in [6, 6.07) is 16.4. The summed E-state index contributed by atoms with van der Waals surface area (Å²) in [5, 5.41) is 3.73. The highest BCUT2D eigenvalue weighted by molar-refractivity contribution is 5.52. The Bertz CT molecular complexity index is 700. The molecule has 2 aromatic carbocycles. The number of fused-ring (bicyclic) bond motifs is 1. The Morgan fingerprint density at radius 1 is 0.920 bits per heavy atom. The van der Waals surface area contributed by atoms with Gasteiger partial charge in [-0.15, -0.1) is 0 Å². The summed E-state index contributed by atoms with van der Waals surface area (Å²) in [4.78, 5) is 2.56. The lowest BCUT2D eigenvalue weighted by Gasteiger charge is -2.34. The van der Waals surface area contributed by atoms with Crippen LogP contribution in [0.1, 0.15) is 41.5 Å². The first-order valence-corrected chi connectivity index (χ1v) is 9.70. The Hall–Kier alpha value is -1.84. The van der Waals surface area contributed by atoms with Crippen LogP contribution in [0.2, 0.25) is 0 Å². The van der Waals surface area contributed by atoms with Crippen molar-refractivity contribution < 1.29 is 0 Å². The lowest BCUT2D eigenvalue weighted by Crippen LogP contribution is -2.42. The maximum Gasteiger partial charge on any atom is 0.0369 e. The van der Waals surface area contributed by atoms with Gasteiger partial charge < -0.3 is 16.0 Å². The van der Waals surface area contributed by atoms with Gasteiger partial charge in [0.25, 0.3) is 0 Å². The molecule has 0 radical (unpaired) electrons. The van der Waals surface area contributed by atoms with Gasteiger partial charge in [-0.1, -0.05) is 30.3 Å². The number of hydrogen-bond acceptors (Lipinski definition) is 3. The number of benzene rings is 2. The number of nitrogens with one attached hydrogen (secondary N) is 1. The average molecular weight is 335 g/mol. The molecule has 0 aromatic heterocycles. The molecule has 0 unspecified atom stereocenters. The van der Waals surface area contributed by atoms with Gasteiger partial charge in [0, 0.05) is 37.9 Å². The molecule has 3 N–H and O–H groups in total. The van der Waals surface area contributed by atoms with Crippen molar-refractivity contribution >= 4 is 5.69 Å². The SMILES string of the molecule is NCc1ccc(CNC2CCN(c3ccc4c(c3)CCC4)CC2)cc1. The fourth-order valence-corrected chi connectivity index (χ4v) is 4.15. The minimum Gasteiger partial charge on any atom is -0.371 e. The minimum absolute atomic E-state index is 0.620. The number of nitrogens with zero attached hydrogens (tertiary/aromatic N) is 1. The summed E-state index contributed by atoms with van der Waals surface area (Å²) in [7, 11) is 0. The van der Waals surface area contributed by atoms with Gasteiger partial charge in [-0.05, 0) is 66.5 Å². The van der Waals surface area contributed by atoms with Crippen molar-refractivity contribution in [2.75, 3.05) is 18.0 Å². The zero-order valence-electron chi connectivity index (χ0n) is 15.0. The molecule has 0 spiro atoms. The summed E-state index contributed by atoms with van der Waals surface area (Å²) in [6.45, 7) is 3.88. The van der Waals surface area contributed by atoms with E-state index >= 15 is 0 Å². The molecule has 0 bridgehead atoms. The predicted molar refractivity (Wildman–Crippen MR) is 105 cm³/mol. The van der Waals surface area contributed by atoms with E-state index in [0.29, 0.717) is 12.6 Å². The van der Waals surface area contributed by atoms with Gasteiger partial charge >= 0.3 is 0 Å². The summed E-state index contributed by atoms with van der Waals surface area (Å²) in [5.41, 5.74) is 12.8. The number of piperidine rings is 1. The molecule has 1 fully saturated rings. The molecular formula is C22H29N3.